The molecule has 2 heterocycles. The molecule has 0 aliphatic rings. The number of H-pyrrole nitrogens is 1. The van der Waals surface area contributed by atoms with Crippen LogP contribution in [-0.4, -0.2) is 20.4 Å². The Bertz CT molecular complexity index is 1340. The molecule has 7 heteroatoms. The highest BCUT2D eigenvalue weighted by molar-refractivity contribution is 5.94. The average Bonchev–Trinajstić information content (AvgIpc) is 2.76. The van der Waals surface area contributed by atoms with E-state index in [1.54, 1.807) is 42.6 Å². The summed E-state index contributed by atoms with van der Waals surface area (Å²) in [5.41, 5.74) is 3.03. The maximum Gasteiger partial charge on any atom is 0.318 e. The Morgan fingerprint density at radius 3 is 2.57 bits per heavy atom. The lowest BCUT2D eigenvalue weighted by Crippen LogP contribution is -2.36. The van der Waals surface area contributed by atoms with E-state index in [2.05, 4.69) is 15.3 Å². The quantitative estimate of drug-likeness (QED) is 0.503. The van der Waals surface area contributed by atoms with Crippen LogP contribution in [0.15, 0.2) is 76.4 Å². The summed E-state index contributed by atoms with van der Waals surface area (Å²) in [4.78, 5) is 43.5. The van der Waals surface area contributed by atoms with E-state index in [9.17, 15) is 14.4 Å². The summed E-state index contributed by atoms with van der Waals surface area (Å²) in [5, 5.41) is 2.92. The molecule has 0 aliphatic carbocycles. The average molecular weight is 400 g/mol. The monoisotopic (exact) mass is 400 g/mol. The number of hydrogen-bond acceptors (Lipinski definition) is 4. The Morgan fingerprint density at radius 2 is 1.80 bits per heavy atom. The fourth-order valence-electron chi connectivity index (χ4n) is 3.28. The molecule has 2 aromatic carbocycles. The van der Waals surface area contributed by atoms with E-state index in [1.165, 1.54) is 4.57 Å². The van der Waals surface area contributed by atoms with Gasteiger partial charge in [0, 0.05) is 18.3 Å². The van der Waals surface area contributed by atoms with E-state index in [1.807, 2.05) is 31.2 Å². The minimum Gasteiger partial charge on any atom is -0.348 e. The van der Waals surface area contributed by atoms with Crippen LogP contribution >= 0.6 is 0 Å². The molecule has 0 unspecified atom stereocenters. The summed E-state index contributed by atoms with van der Waals surface area (Å²) in [6, 6.07) is 18.2. The highest BCUT2D eigenvalue weighted by Crippen LogP contribution is 2.10. The van der Waals surface area contributed by atoms with Crippen LogP contribution < -0.4 is 16.4 Å². The van der Waals surface area contributed by atoms with Crippen molar-refractivity contribution in [3.63, 3.8) is 0 Å². The van der Waals surface area contributed by atoms with Gasteiger partial charge in [0.25, 0.3) is 5.91 Å². The van der Waals surface area contributed by atoms with Crippen molar-refractivity contribution >= 4 is 17.1 Å². The molecule has 0 bridgehead atoms. The van der Waals surface area contributed by atoms with Crippen LogP contribution in [0, 0.1) is 6.92 Å². The van der Waals surface area contributed by atoms with E-state index in [0.29, 0.717) is 23.3 Å². The summed E-state index contributed by atoms with van der Waals surface area (Å²) in [6.45, 7) is 2.64. The van der Waals surface area contributed by atoms with Crippen LogP contribution in [0.25, 0.3) is 11.2 Å². The van der Waals surface area contributed by atoms with Gasteiger partial charge in [-0.25, -0.2) is 4.98 Å². The summed E-state index contributed by atoms with van der Waals surface area (Å²) in [7, 11) is 0. The summed E-state index contributed by atoms with van der Waals surface area (Å²) < 4.78 is 1.33. The van der Waals surface area contributed by atoms with Gasteiger partial charge in [-0.2, -0.15) is 0 Å². The number of aryl methyl sites for hydroxylation is 1. The number of rotatable bonds is 5. The number of fused-ring (bicyclic) bond motifs is 1. The second-order valence-corrected chi connectivity index (χ2v) is 7.03. The highest BCUT2D eigenvalue weighted by atomic mass is 16.2. The second kappa shape index (κ2) is 8.16. The van der Waals surface area contributed by atoms with Crippen molar-refractivity contribution < 1.29 is 4.79 Å². The van der Waals surface area contributed by atoms with Crippen molar-refractivity contribution in [1.29, 1.82) is 0 Å². The van der Waals surface area contributed by atoms with Gasteiger partial charge in [0.1, 0.15) is 0 Å². The Hall–Kier alpha value is -4.00. The first-order valence-corrected chi connectivity index (χ1v) is 9.52. The predicted octanol–water partition coefficient (Wildman–Crippen LogP) is 2.37. The number of pyridine rings is 1. The number of nitrogens with one attached hydrogen (secondary N) is 2. The Kier molecular flexibility index (Phi) is 5.26. The molecule has 30 heavy (non-hydrogen) atoms. The fourth-order valence-corrected chi connectivity index (χ4v) is 3.28. The third-order valence-corrected chi connectivity index (χ3v) is 4.99. The lowest BCUT2D eigenvalue weighted by molar-refractivity contribution is 0.0951. The van der Waals surface area contributed by atoms with E-state index in [-0.39, 0.29) is 12.5 Å². The molecular formula is C23H20N4O3. The van der Waals surface area contributed by atoms with E-state index in [0.717, 1.165) is 16.7 Å². The Balaban J connectivity index is 1.52. The highest BCUT2D eigenvalue weighted by Gasteiger charge is 2.10. The first kappa shape index (κ1) is 19.3. The number of aromatic nitrogens is 3. The third kappa shape index (κ3) is 3.91. The van der Waals surface area contributed by atoms with Crippen molar-refractivity contribution in [3.05, 3.63) is 110 Å². The van der Waals surface area contributed by atoms with Crippen LogP contribution in [0.3, 0.4) is 0 Å². The number of aromatic amines is 1. The number of nitrogens with zero attached hydrogens (tertiary/aromatic N) is 2. The van der Waals surface area contributed by atoms with Crippen LogP contribution in [0.5, 0.6) is 0 Å². The summed E-state index contributed by atoms with van der Waals surface area (Å²) in [6.07, 6.45) is 1.57. The molecule has 4 rings (SSSR count). The van der Waals surface area contributed by atoms with Gasteiger partial charge in [-0.3, -0.25) is 19.0 Å². The maximum absolute atomic E-state index is 12.5. The van der Waals surface area contributed by atoms with Crippen LogP contribution in [0.2, 0.25) is 0 Å². The van der Waals surface area contributed by atoms with Gasteiger partial charge in [-0.1, -0.05) is 36.4 Å². The van der Waals surface area contributed by atoms with Gasteiger partial charge in [-0.15, -0.1) is 0 Å². The molecule has 0 saturated carbocycles. The first-order valence-electron chi connectivity index (χ1n) is 9.52. The Morgan fingerprint density at radius 1 is 1.03 bits per heavy atom. The molecular weight excluding hydrogens is 380 g/mol. The molecule has 150 valence electrons. The van der Waals surface area contributed by atoms with Crippen molar-refractivity contribution in [1.82, 2.24) is 19.9 Å². The molecule has 2 aromatic heterocycles. The maximum atomic E-state index is 12.5. The standard InChI is InChI=1S/C23H20N4O3/c1-15-5-2-3-6-18(15)13-25-21(28)17-10-8-16(9-11-17)14-27-20-19(7-4-12-24-20)26-22(29)23(27)30/h2-12H,13-14H2,1H3,(H,25,28)(H,26,29). The number of hydrogen-bond donors (Lipinski definition) is 2. The normalized spacial score (nSPS) is 10.8. The fraction of sp³-hybridized carbons (Fsp3) is 0.130. The van der Waals surface area contributed by atoms with Crippen molar-refractivity contribution in [2.24, 2.45) is 0 Å². The molecule has 0 spiro atoms. The zero-order valence-corrected chi connectivity index (χ0v) is 16.4. The van der Waals surface area contributed by atoms with Crippen molar-refractivity contribution in [3.8, 4) is 0 Å². The zero-order valence-electron chi connectivity index (χ0n) is 16.4. The molecule has 2 N–H and O–H groups in total. The first-order chi connectivity index (χ1) is 14.5. The van der Waals surface area contributed by atoms with Crippen LogP contribution in [0.4, 0.5) is 0 Å². The predicted molar refractivity (Wildman–Crippen MR) is 115 cm³/mol. The molecule has 0 atom stereocenters. The number of carbonyl (C=O) groups excluding carboxylic acids is 1. The van der Waals surface area contributed by atoms with Gasteiger partial charge in [0.05, 0.1) is 12.1 Å². The summed E-state index contributed by atoms with van der Waals surface area (Å²) in [5.74, 6) is -0.176. The molecule has 7 nitrogen and oxygen atoms in total. The number of benzene rings is 2. The molecule has 0 radical (unpaired) electrons. The largest absolute Gasteiger partial charge is 0.348 e. The van der Waals surface area contributed by atoms with Gasteiger partial charge in [0.2, 0.25) is 0 Å². The minimum absolute atomic E-state index is 0.176. The smallest absolute Gasteiger partial charge is 0.318 e. The van der Waals surface area contributed by atoms with Crippen molar-refractivity contribution in [2.45, 2.75) is 20.0 Å². The van der Waals surface area contributed by atoms with Gasteiger partial charge in [0.15, 0.2) is 5.65 Å². The Labute approximate surface area is 172 Å². The van der Waals surface area contributed by atoms with E-state index < -0.39 is 11.1 Å². The summed E-state index contributed by atoms with van der Waals surface area (Å²) >= 11 is 0. The van der Waals surface area contributed by atoms with E-state index >= 15 is 0 Å². The SMILES string of the molecule is Cc1ccccc1CNC(=O)c1ccc(Cn2c(=O)c(=O)[nH]c3cccnc32)cc1. The molecule has 0 aliphatic heterocycles. The van der Waals surface area contributed by atoms with Gasteiger partial charge >= 0.3 is 11.1 Å². The third-order valence-electron chi connectivity index (χ3n) is 4.99. The van der Waals surface area contributed by atoms with Crippen molar-refractivity contribution in [2.75, 3.05) is 0 Å². The number of amides is 1. The van der Waals surface area contributed by atoms with Crippen LogP contribution in [-0.2, 0) is 13.1 Å². The van der Waals surface area contributed by atoms with E-state index in [4.69, 9.17) is 0 Å². The van der Waals surface area contributed by atoms with Gasteiger partial charge < -0.3 is 10.3 Å². The molecule has 1 amide bonds. The second-order valence-electron chi connectivity index (χ2n) is 7.03. The van der Waals surface area contributed by atoms with Crippen LogP contribution in [0.1, 0.15) is 27.0 Å². The topological polar surface area (TPSA) is 96.9 Å². The molecule has 4 aromatic rings. The van der Waals surface area contributed by atoms with Gasteiger partial charge in [-0.05, 0) is 47.9 Å². The molecule has 0 fully saturated rings. The minimum atomic E-state index is -0.692. The molecule has 0 saturated heterocycles. The zero-order chi connectivity index (χ0) is 21.1. The lowest BCUT2D eigenvalue weighted by Gasteiger charge is -2.10. The number of carbonyl (C=O) groups is 1. The lowest BCUT2D eigenvalue weighted by atomic mass is 10.1.